The molecule has 0 aromatic rings. The lowest BCUT2D eigenvalue weighted by Gasteiger charge is -2.27. The molecule has 0 spiro atoms. The van der Waals surface area contributed by atoms with Gasteiger partial charge < -0.3 is 0 Å². The summed E-state index contributed by atoms with van der Waals surface area (Å²) in [5.41, 5.74) is 0. The van der Waals surface area contributed by atoms with Gasteiger partial charge in [0.25, 0.3) is 0 Å². The van der Waals surface area contributed by atoms with E-state index in [1.807, 2.05) is 0 Å². The van der Waals surface area contributed by atoms with Crippen LogP contribution < -0.4 is 0 Å². The minimum Gasteiger partial charge on any atom is -0.297 e. The molecule has 2 heteroatoms. The van der Waals surface area contributed by atoms with Crippen molar-refractivity contribution >= 4 is 0 Å². The van der Waals surface area contributed by atoms with Crippen molar-refractivity contribution in [2.24, 2.45) is 0 Å². The minimum absolute atomic E-state index is 0.0527. The van der Waals surface area contributed by atoms with Crippen molar-refractivity contribution < 1.29 is 4.39 Å². The standard InChI is InChI=1S/C8H14FN/c1-7(2)10-5-3-8(9)4-6-10/h3,7H,4-6H2,1-2H3. The van der Waals surface area contributed by atoms with Crippen molar-refractivity contribution in [2.45, 2.75) is 26.3 Å². The zero-order valence-corrected chi connectivity index (χ0v) is 6.60. The van der Waals surface area contributed by atoms with Crippen LogP contribution in [0.2, 0.25) is 0 Å². The molecule has 0 fully saturated rings. The van der Waals surface area contributed by atoms with Gasteiger partial charge in [0, 0.05) is 25.6 Å². The molecular weight excluding hydrogens is 129 g/mol. The maximum Gasteiger partial charge on any atom is 0.0985 e. The molecule has 0 bridgehead atoms. The molecular formula is C8H14FN. The average molecular weight is 143 g/mol. The van der Waals surface area contributed by atoms with Crippen LogP contribution in [0.25, 0.3) is 0 Å². The molecule has 0 aromatic heterocycles. The third-order valence-electron chi connectivity index (χ3n) is 1.92. The summed E-state index contributed by atoms with van der Waals surface area (Å²) in [6.07, 6.45) is 2.27. The van der Waals surface area contributed by atoms with Crippen molar-refractivity contribution in [1.29, 1.82) is 0 Å². The van der Waals surface area contributed by atoms with Gasteiger partial charge in [0.1, 0.15) is 0 Å². The summed E-state index contributed by atoms with van der Waals surface area (Å²) in [6.45, 7) is 5.93. The highest BCUT2D eigenvalue weighted by molar-refractivity contribution is 4.99. The molecule has 0 N–H and O–H groups in total. The highest BCUT2D eigenvalue weighted by Gasteiger charge is 2.12. The van der Waals surface area contributed by atoms with E-state index in [0.717, 1.165) is 13.1 Å². The molecule has 0 radical (unpaired) electrons. The van der Waals surface area contributed by atoms with Crippen molar-refractivity contribution in [3.05, 3.63) is 11.9 Å². The van der Waals surface area contributed by atoms with E-state index in [4.69, 9.17) is 0 Å². The Balaban J connectivity index is 2.42. The topological polar surface area (TPSA) is 3.24 Å². The summed E-state index contributed by atoms with van der Waals surface area (Å²) >= 11 is 0. The van der Waals surface area contributed by atoms with Crippen molar-refractivity contribution in [3.8, 4) is 0 Å². The van der Waals surface area contributed by atoms with E-state index in [0.29, 0.717) is 12.5 Å². The number of rotatable bonds is 1. The van der Waals surface area contributed by atoms with E-state index in [1.165, 1.54) is 0 Å². The lowest BCUT2D eigenvalue weighted by molar-refractivity contribution is 0.229. The fraction of sp³-hybridized carbons (Fsp3) is 0.750. The van der Waals surface area contributed by atoms with Gasteiger partial charge in [-0.15, -0.1) is 0 Å². The summed E-state index contributed by atoms with van der Waals surface area (Å²) in [5.74, 6) is 0.0527. The third-order valence-corrected chi connectivity index (χ3v) is 1.92. The van der Waals surface area contributed by atoms with Gasteiger partial charge in [-0.1, -0.05) is 0 Å². The molecule has 0 saturated heterocycles. The Morgan fingerprint density at radius 2 is 2.30 bits per heavy atom. The average Bonchev–Trinajstić information content (AvgIpc) is 1.88. The lowest BCUT2D eigenvalue weighted by Crippen LogP contribution is -2.34. The van der Waals surface area contributed by atoms with Crippen molar-refractivity contribution in [2.75, 3.05) is 13.1 Å². The predicted molar refractivity (Wildman–Crippen MR) is 40.5 cm³/mol. The number of nitrogens with zero attached hydrogens (tertiary/aromatic N) is 1. The van der Waals surface area contributed by atoms with Gasteiger partial charge in [-0.25, -0.2) is 4.39 Å². The molecule has 1 aliphatic rings. The molecule has 0 saturated carbocycles. The summed E-state index contributed by atoms with van der Waals surface area (Å²) in [5, 5.41) is 0. The number of halogens is 1. The highest BCUT2D eigenvalue weighted by Crippen LogP contribution is 2.12. The molecule has 0 aliphatic carbocycles. The molecule has 1 heterocycles. The van der Waals surface area contributed by atoms with Crippen LogP contribution in [0.5, 0.6) is 0 Å². The Kier molecular flexibility index (Phi) is 2.44. The van der Waals surface area contributed by atoms with Gasteiger partial charge in [-0.05, 0) is 19.9 Å². The van der Waals surface area contributed by atoms with Gasteiger partial charge in [0.2, 0.25) is 0 Å². The third kappa shape index (κ3) is 1.81. The van der Waals surface area contributed by atoms with E-state index in [1.54, 1.807) is 6.08 Å². The summed E-state index contributed by atoms with van der Waals surface area (Å²) in [6, 6.07) is 0.546. The van der Waals surface area contributed by atoms with Crippen LogP contribution in [0.3, 0.4) is 0 Å². The highest BCUT2D eigenvalue weighted by atomic mass is 19.1. The predicted octanol–water partition coefficient (Wildman–Crippen LogP) is 1.95. The Morgan fingerprint density at radius 1 is 1.60 bits per heavy atom. The first-order valence-corrected chi connectivity index (χ1v) is 3.78. The smallest absolute Gasteiger partial charge is 0.0985 e. The Hall–Kier alpha value is -0.370. The van der Waals surface area contributed by atoms with E-state index in [2.05, 4.69) is 18.7 Å². The van der Waals surface area contributed by atoms with Crippen molar-refractivity contribution in [1.82, 2.24) is 4.90 Å². The second-order valence-electron chi connectivity index (χ2n) is 2.99. The van der Waals surface area contributed by atoms with Gasteiger partial charge in [-0.3, -0.25) is 4.90 Å². The fourth-order valence-electron chi connectivity index (χ4n) is 1.13. The molecule has 1 aliphatic heterocycles. The van der Waals surface area contributed by atoms with E-state index >= 15 is 0 Å². The zero-order valence-electron chi connectivity index (χ0n) is 6.60. The number of hydrogen-bond donors (Lipinski definition) is 0. The van der Waals surface area contributed by atoms with Crippen LogP contribution in [0.15, 0.2) is 11.9 Å². The maximum atomic E-state index is 12.5. The van der Waals surface area contributed by atoms with E-state index in [9.17, 15) is 4.39 Å². The second-order valence-corrected chi connectivity index (χ2v) is 2.99. The molecule has 0 unspecified atom stereocenters. The van der Waals surface area contributed by atoms with Crippen LogP contribution in [-0.2, 0) is 0 Å². The molecule has 0 atom stereocenters. The maximum absolute atomic E-state index is 12.5. The summed E-state index contributed by atoms with van der Waals surface area (Å²) in [7, 11) is 0. The van der Waals surface area contributed by atoms with Crippen LogP contribution >= 0.6 is 0 Å². The van der Waals surface area contributed by atoms with Gasteiger partial charge in [0.15, 0.2) is 0 Å². The Labute approximate surface area is 61.5 Å². The largest absolute Gasteiger partial charge is 0.297 e. The Bertz CT molecular complexity index is 140. The first-order valence-electron chi connectivity index (χ1n) is 3.78. The quantitative estimate of drug-likeness (QED) is 0.542. The van der Waals surface area contributed by atoms with Crippen LogP contribution in [0.4, 0.5) is 4.39 Å². The fourth-order valence-corrected chi connectivity index (χ4v) is 1.13. The van der Waals surface area contributed by atoms with Crippen LogP contribution in [-0.4, -0.2) is 24.0 Å². The summed E-state index contributed by atoms with van der Waals surface area (Å²) < 4.78 is 12.5. The number of hydrogen-bond acceptors (Lipinski definition) is 1. The first kappa shape index (κ1) is 7.73. The molecule has 0 amide bonds. The van der Waals surface area contributed by atoms with Gasteiger partial charge in [-0.2, -0.15) is 0 Å². The second kappa shape index (κ2) is 3.15. The van der Waals surface area contributed by atoms with E-state index < -0.39 is 0 Å². The molecule has 10 heavy (non-hydrogen) atoms. The normalized spacial score (nSPS) is 21.4. The van der Waals surface area contributed by atoms with Gasteiger partial charge >= 0.3 is 0 Å². The van der Waals surface area contributed by atoms with Gasteiger partial charge in [0.05, 0.1) is 5.83 Å². The van der Waals surface area contributed by atoms with Crippen molar-refractivity contribution in [3.63, 3.8) is 0 Å². The zero-order chi connectivity index (χ0) is 7.56. The first-order chi connectivity index (χ1) is 4.70. The van der Waals surface area contributed by atoms with Crippen LogP contribution in [0, 0.1) is 0 Å². The Morgan fingerprint density at radius 3 is 2.70 bits per heavy atom. The molecule has 1 nitrogen and oxygen atoms in total. The SMILES string of the molecule is CC(C)N1CC=C(F)CC1. The molecule has 58 valence electrons. The monoisotopic (exact) mass is 143 g/mol. The van der Waals surface area contributed by atoms with E-state index in [-0.39, 0.29) is 5.83 Å². The molecule has 0 aromatic carbocycles. The minimum atomic E-state index is 0.0527. The lowest BCUT2D eigenvalue weighted by atomic mass is 10.2. The summed E-state index contributed by atoms with van der Waals surface area (Å²) in [4.78, 5) is 2.25. The molecule has 1 rings (SSSR count). The van der Waals surface area contributed by atoms with Crippen LogP contribution in [0.1, 0.15) is 20.3 Å².